The van der Waals surface area contributed by atoms with Crippen molar-refractivity contribution in [2.24, 2.45) is 5.92 Å². The highest BCUT2D eigenvalue weighted by atomic mass is 32.1. The summed E-state index contributed by atoms with van der Waals surface area (Å²) >= 11 is 1.45. The zero-order chi connectivity index (χ0) is 13.1. The van der Waals surface area contributed by atoms with Crippen molar-refractivity contribution < 1.29 is 19.4 Å². The van der Waals surface area contributed by atoms with Gasteiger partial charge in [-0.1, -0.05) is 0 Å². The Morgan fingerprint density at radius 2 is 2.33 bits per heavy atom. The Balaban J connectivity index is 2.18. The van der Waals surface area contributed by atoms with Crippen molar-refractivity contribution in [3.63, 3.8) is 0 Å². The summed E-state index contributed by atoms with van der Waals surface area (Å²) in [6.45, 7) is 2.79. The molecule has 1 amide bonds. The van der Waals surface area contributed by atoms with Crippen LogP contribution in [0.1, 0.15) is 17.3 Å². The summed E-state index contributed by atoms with van der Waals surface area (Å²) in [5.41, 5.74) is 0.609. The molecule has 1 fully saturated rings. The molecule has 98 valence electrons. The van der Waals surface area contributed by atoms with Gasteiger partial charge in [0.25, 0.3) is 5.91 Å². The molecule has 1 aromatic rings. The van der Waals surface area contributed by atoms with E-state index in [0.29, 0.717) is 18.7 Å². The number of nitrogens with zero attached hydrogens (tertiary/aromatic N) is 1. The first-order valence-corrected chi connectivity index (χ1v) is 6.73. The monoisotopic (exact) mass is 269 g/mol. The molecule has 0 saturated carbocycles. The van der Waals surface area contributed by atoms with Crippen LogP contribution in [0.25, 0.3) is 0 Å². The number of amides is 1. The molecule has 18 heavy (non-hydrogen) atoms. The third-order valence-electron chi connectivity index (χ3n) is 3.14. The molecule has 1 aromatic heterocycles. The molecule has 0 aromatic carbocycles. The average Bonchev–Trinajstić information content (AvgIpc) is 3.00. The van der Waals surface area contributed by atoms with Crippen molar-refractivity contribution in [2.45, 2.75) is 13.0 Å². The minimum absolute atomic E-state index is 0.125. The molecule has 1 aliphatic heterocycles. The zero-order valence-electron chi connectivity index (χ0n) is 10.0. The first-order chi connectivity index (χ1) is 8.65. The second-order valence-electron chi connectivity index (χ2n) is 4.15. The number of aliphatic carboxylic acids is 1. The van der Waals surface area contributed by atoms with Crippen LogP contribution in [0.2, 0.25) is 0 Å². The van der Waals surface area contributed by atoms with E-state index in [0.717, 1.165) is 0 Å². The number of rotatable bonds is 4. The zero-order valence-corrected chi connectivity index (χ0v) is 10.9. The Hall–Kier alpha value is -1.40. The van der Waals surface area contributed by atoms with Crippen LogP contribution >= 0.6 is 11.3 Å². The topological polar surface area (TPSA) is 66.8 Å². The summed E-state index contributed by atoms with van der Waals surface area (Å²) in [5.74, 6) is -1.66. The highest BCUT2D eigenvalue weighted by Gasteiger charge is 2.39. The van der Waals surface area contributed by atoms with Crippen LogP contribution in [0.3, 0.4) is 0 Å². The number of ether oxygens (including phenoxy) is 1. The van der Waals surface area contributed by atoms with Crippen LogP contribution in [0.4, 0.5) is 0 Å². The van der Waals surface area contributed by atoms with Gasteiger partial charge in [-0.15, -0.1) is 0 Å². The maximum Gasteiger partial charge on any atom is 0.311 e. The summed E-state index contributed by atoms with van der Waals surface area (Å²) in [7, 11) is 0. The second kappa shape index (κ2) is 5.49. The lowest BCUT2D eigenvalue weighted by atomic mass is 10.0. The highest BCUT2D eigenvalue weighted by molar-refractivity contribution is 7.08. The number of carbonyl (C=O) groups is 2. The van der Waals surface area contributed by atoms with Crippen molar-refractivity contribution in [1.29, 1.82) is 0 Å². The van der Waals surface area contributed by atoms with Crippen LogP contribution < -0.4 is 0 Å². The molecule has 1 N–H and O–H groups in total. The minimum atomic E-state index is -0.908. The number of carboxylic acids is 1. The number of hydrogen-bond acceptors (Lipinski definition) is 4. The highest BCUT2D eigenvalue weighted by Crippen LogP contribution is 2.22. The molecule has 0 radical (unpaired) electrons. The minimum Gasteiger partial charge on any atom is -0.481 e. The largest absolute Gasteiger partial charge is 0.481 e. The maximum atomic E-state index is 12.3. The summed E-state index contributed by atoms with van der Waals surface area (Å²) in [6, 6.07) is 1.38. The summed E-state index contributed by atoms with van der Waals surface area (Å²) in [6.07, 6.45) is 0. The molecule has 2 atom stereocenters. The Morgan fingerprint density at radius 1 is 1.56 bits per heavy atom. The molecular formula is C12H15NO4S. The van der Waals surface area contributed by atoms with Gasteiger partial charge in [-0.2, -0.15) is 11.3 Å². The molecular weight excluding hydrogens is 254 g/mol. The summed E-state index contributed by atoms with van der Waals surface area (Å²) in [5, 5.41) is 12.7. The molecule has 5 nitrogen and oxygen atoms in total. The molecule has 0 bridgehead atoms. The van der Waals surface area contributed by atoms with Crippen molar-refractivity contribution >= 4 is 23.2 Å². The molecule has 6 heteroatoms. The van der Waals surface area contributed by atoms with Gasteiger partial charge >= 0.3 is 5.97 Å². The van der Waals surface area contributed by atoms with Crippen LogP contribution in [-0.2, 0) is 9.53 Å². The van der Waals surface area contributed by atoms with E-state index in [1.54, 1.807) is 16.3 Å². The van der Waals surface area contributed by atoms with Gasteiger partial charge in [-0.3, -0.25) is 9.59 Å². The van der Waals surface area contributed by atoms with Gasteiger partial charge in [0.05, 0.1) is 24.8 Å². The van der Waals surface area contributed by atoms with Gasteiger partial charge < -0.3 is 14.7 Å². The molecule has 2 unspecified atom stereocenters. The number of likely N-dealkylation sites (N-methyl/N-ethyl adjacent to an activating group) is 1. The third kappa shape index (κ3) is 2.39. The Labute approximate surface area is 109 Å². The van der Waals surface area contributed by atoms with Crippen LogP contribution in [0, 0.1) is 5.92 Å². The Bertz CT molecular complexity index is 431. The van der Waals surface area contributed by atoms with Crippen molar-refractivity contribution in [1.82, 2.24) is 4.90 Å². The van der Waals surface area contributed by atoms with Crippen molar-refractivity contribution in [2.75, 3.05) is 19.8 Å². The van der Waals surface area contributed by atoms with Gasteiger partial charge in [0.1, 0.15) is 5.92 Å². The molecule has 0 aliphatic carbocycles. The smallest absolute Gasteiger partial charge is 0.311 e. The lowest BCUT2D eigenvalue weighted by Gasteiger charge is -2.29. The van der Waals surface area contributed by atoms with E-state index < -0.39 is 11.9 Å². The average molecular weight is 269 g/mol. The lowest BCUT2D eigenvalue weighted by Crippen LogP contribution is -2.46. The van der Waals surface area contributed by atoms with Gasteiger partial charge in [0.2, 0.25) is 0 Å². The SMILES string of the molecule is CCN(C(=O)c1ccsc1)C1COCC1C(=O)O. The fourth-order valence-electron chi connectivity index (χ4n) is 2.17. The first-order valence-electron chi connectivity index (χ1n) is 5.78. The molecule has 1 aliphatic rings. The van der Waals surface area contributed by atoms with Crippen LogP contribution in [0.15, 0.2) is 16.8 Å². The maximum absolute atomic E-state index is 12.3. The molecule has 0 spiro atoms. The quantitative estimate of drug-likeness (QED) is 0.895. The Kier molecular flexibility index (Phi) is 3.98. The fourth-order valence-corrected chi connectivity index (χ4v) is 2.80. The standard InChI is InChI=1S/C12H15NO4S/c1-2-13(11(14)8-3-4-18-7-8)10-6-17-5-9(10)12(15)16/h3-4,7,9-10H,2,5-6H2,1H3,(H,15,16). The molecule has 2 rings (SSSR count). The Morgan fingerprint density at radius 3 is 2.89 bits per heavy atom. The van der Waals surface area contributed by atoms with Crippen LogP contribution in [0.5, 0.6) is 0 Å². The summed E-state index contributed by atoms with van der Waals surface area (Å²) in [4.78, 5) is 25.0. The van der Waals surface area contributed by atoms with E-state index in [1.807, 2.05) is 12.3 Å². The van der Waals surface area contributed by atoms with Gasteiger partial charge in [0.15, 0.2) is 0 Å². The molecule has 1 saturated heterocycles. The van der Waals surface area contributed by atoms with E-state index >= 15 is 0 Å². The number of carboxylic acid groups (broad SMARTS) is 1. The van der Waals surface area contributed by atoms with E-state index in [4.69, 9.17) is 9.84 Å². The van der Waals surface area contributed by atoms with Gasteiger partial charge in [-0.05, 0) is 18.4 Å². The van der Waals surface area contributed by atoms with E-state index in [9.17, 15) is 9.59 Å². The number of hydrogen-bond donors (Lipinski definition) is 1. The second-order valence-corrected chi connectivity index (χ2v) is 4.93. The van der Waals surface area contributed by atoms with Gasteiger partial charge in [-0.25, -0.2) is 0 Å². The lowest BCUT2D eigenvalue weighted by molar-refractivity contribution is -0.142. The predicted molar refractivity (Wildman–Crippen MR) is 66.8 cm³/mol. The predicted octanol–water partition coefficient (Wildman–Crippen LogP) is 1.31. The van der Waals surface area contributed by atoms with E-state index in [2.05, 4.69) is 0 Å². The summed E-state index contributed by atoms with van der Waals surface area (Å²) < 4.78 is 5.21. The third-order valence-corrected chi connectivity index (χ3v) is 3.82. The van der Waals surface area contributed by atoms with Crippen molar-refractivity contribution in [3.8, 4) is 0 Å². The fraction of sp³-hybridized carbons (Fsp3) is 0.500. The normalized spacial score (nSPS) is 22.9. The number of carbonyl (C=O) groups excluding carboxylic acids is 1. The first kappa shape index (κ1) is 13.0. The van der Waals surface area contributed by atoms with E-state index in [-0.39, 0.29) is 18.6 Å². The van der Waals surface area contributed by atoms with Crippen molar-refractivity contribution in [3.05, 3.63) is 22.4 Å². The van der Waals surface area contributed by atoms with E-state index in [1.165, 1.54) is 11.3 Å². The van der Waals surface area contributed by atoms with Gasteiger partial charge in [0, 0.05) is 11.9 Å². The number of thiophene rings is 1. The molecule has 2 heterocycles. The van der Waals surface area contributed by atoms with Crippen LogP contribution in [-0.4, -0.2) is 47.7 Å².